The minimum absolute atomic E-state index is 0.0647. The van der Waals surface area contributed by atoms with E-state index in [1.165, 1.54) is 12.1 Å². The topological polar surface area (TPSA) is 49.4 Å². The Kier molecular flexibility index (Phi) is 4.77. The van der Waals surface area contributed by atoms with Gasteiger partial charge < -0.3 is 10.2 Å². The van der Waals surface area contributed by atoms with Crippen LogP contribution in [-0.2, 0) is 17.4 Å². The number of nitrogens with zero attached hydrogens (tertiary/aromatic N) is 1. The maximum Gasteiger partial charge on any atom is 0.416 e. The van der Waals surface area contributed by atoms with Crippen LogP contribution in [0, 0.1) is 0 Å². The second-order valence-corrected chi connectivity index (χ2v) is 8.02. The fourth-order valence-corrected chi connectivity index (χ4v) is 4.75. The number of rotatable bonds is 2. The highest BCUT2D eigenvalue weighted by molar-refractivity contribution is 6.04. The molecule has 0 saturated carbocycles. The number of fused-ring (bicyclic) bond motifs is 4. The number of alkyl halides is 3. The third-order valence-corrected chi connectivity index (χ3v) is 6.17. The van der Waals surface area contributed by atoms with E-state index in [4.69, 9.17) is 0 Å². The molecule has 5 rings (SSSR count). The van der Waals surface area contributed by atoms with Gasteiger partial charge in [0, 0.05) is 17.8 Å². The zero-order chi connectivity index (χ0) is 22.5. The van der Waals surface area contributed by atoms with E-state index in [0.29, 0.717) is 24.1 Å². The predicted octanol–water partition coefficient (Wildman–Crippen LogP) is 5.18. The van der Waals surface area contributed by atoms with Crippen molar-refractivity contribution in [2.45, 2.75) is 24.6 Å². The summed E-state index contributed by atoms with van der Waals surface area (Å²) in [5.74, 6) is -1.33. The molecule has 162 valence electrons. The molecule has 0 spiro atoms. The van der Waals surface area contributed by atoms with Gasteiger partial charge in [-0.15, -0.1) is 0 Å². The summed E-state index contributed by atoms with van der Waals surface area (Å²) < 4.78 is 39.4. The van der Waals surface area contributed by atoms with Gasteiger partial charge in [0.1, 0.15) is 0 Å². The number of halogens is 3. The normalized spacial score (nSPS) is 19.6. The summed E-state index contributed by atoms with van der Waals surface area (Å²) in [7, 11) is 0. The molecule has 32 heavy (non-hydrogen) atoms. The lowest BCUT2D eigenvalue weighted by Crippen LogP contribution is -2.49. The van der Waals surface area contributed by atoms with Crippen molar-refractivity contribution in [1.82, 2.24) is 4.90 Å². The van der Waals surface area contributed by atoms with Crippen LogP contribution in [0.25, 0.3) is 0 Å². The summed E-state index contributed by atoms with van der Waals surface area (Å²) in [6.07, 6.45) is -3.83. The fraction of sp³-hybridized carbons (Fsp3) is 0.200. The van der Waals surface area contributed by atoms with Gasteiger partial charge in [-0.3, -0.25) is 9.59 Å². The van der Waals surface area contributed by atoms with Crippen LogP contribution in [0.15, 0.2) is 72.8 Å². The summed E-state index contributed by atoms with van der Waals surface area (Å²) in [6, 6.07) is 18.7. The Labute approximate surface area is 182 Å². The van der Waals surface area contributed by atoms with E-state index in [-0.39, 0.29) is 11.6 Å². The number of carbonyl (C=O) groups is 2. The molecule has 7 heteroatoms. The van der Waals surface area contributed by atoms with Crippen molar-refractivity contribution in [2.75, 3.05) is 11.9 Å². The first kappa shape index (κ1) is 20.3. The largest absolute Gasteiger partial charge is 0.416 e. The molecule has 0 unspecified atom stereocenters. The summed E-state index contributed by atoms with van der Waals surface area (Å²) in [4.78, 5) is 28.5. The quantitative estimate of drug-likeness (QED) is 0.602. The van der Waals surface area contributed by atoms with E-state index < -0.39 is 29.6 Å². The summed E-state index contributed by atoms with van der Waals surface area (Å²) >= 11 is 0. The van der Waals surface area contributed by atoms with E-state index in [0.717, 1.165) is 23.3 Å². The van der Waals surface area contributed by atoms with Gasteiger partial charge in [0.15, 0.2) is 0 Å². The van der Waals surface area contributed by atoms with E-state index in [1.807, 2.05) is 24.3 Å². The van der Waals surface area contributed by atoms with Crippen molar-refractivity contribution < 1.29 is 22.8 Å². The zero-order valence-electron chi connectivity index (χ0n) is 16.9. The second kappa shape index (κ2) is 7.51. The zero-order valence-corrected chi connectivity index (χ0v) is 16.9. The van der Waals surface area contributed by atoms with Crippen LogP contribution in [0.1, 0.15) is 44.6 Å². The monoisotopic (exact) mass is 436 g/mol. The Bertz CT molecular complexity index is 1220. The minimum atomic E-state index is -4.51. The molecule has 2 amide bonds. The van der Waals surface area contributed by atoms with Crippen LogP contribution in [0.5, 0.6) is 0 Å². The van der Waals surface area contributed by atoms with Gasteiger partial charge in [-0.1, -0.05) is 48.5 Å². The first-order chi connectivity index (χ1) is 15.3. The molecule has 2 aliphatic heterocycles. The Morgan fingerprint density at radius 3 is 2.44 bits per heavy atom. The number of nitrogens with one attached hydrogen (secondary N) is 1. The first-order valence-electron chi connectivity index (χ1n) is 10.3. The van der Waals surface area contributed by atoms with E-state index in [9.17, 15) is 22.8 Å². The SMILES string of the molecule is O=C(Nc1cccc(C(F)(F)F)c1)[C@@H]1c2ccccc2C(=O)N2CCc3ccccc3[C@H]12. The van der Waals surface area contributed by atoms with Gasteiger partial charge >= 0.3 is 6.18 Å². The van der Waals surface area contributed by atoms with Gasteiger partial charge in [0.05, 0.1) is 17.5 Å². The predicted molar refractivity (Wildman–Crippen MR) is 113 cm³/mol. The fourth-order valence-electron chi connectivity index (χ4n) is 4.75. The molecular formula is C25H19F3N2O2. The Morgan fingerprint density at radius 2 is 1.66 bits per heavy atom. The van der Waals surface area contributed by atoms with E-state index >= 15 is 0 Å². The molecule has 0 bridgehead atoms. The van der Waals surface area contributed by atoms with Crippen LogP contribution in [-0.4, -0.2) is 23.3 Å². The summed E-state index contributed by atoms with van der Waals surface area (Å²) in [5.41, 5.74) is 2.23. The van der Waals surface area contributed by atoms with Gasteiger partial charge in [-0.2, -0.15) is 13.2 Å². The highest BCUT2D eigenvalue weighted by atomic mass is 19.4. The lowest BCUT2D eigenvalue weighted by molar-refractivity contribution is -0.137. The average molecular weight is 436 g/mol. The molecule has 2 atom stereocenters. The molecule has 3 aromatic carbocycles. The van der Waals surface area contributed by atoms with Crippen molar-refractivity contribution in [1.29, 1.82) is 0 Å². The number of carbonyl (C=O) groups excluding carboxylic acids is 2. The van der Waals surface area contributed by atoms with Crippen molar-refractivity contribution in [3.05, 3.63) is 101 Å². The molecule has 0 saturated heterocycles. The van der Waals surface area contributed by atoms with E-state index in [2.05, 4.69) is 5.32 Å². The van der Waals surface area contributed by atoms with E-state index in [1.54, 1.807) is 29.2 Å². The van der Waals surface area contributed by atoms with Crippen LogP contribution in [0.4, 0.5) is 18.9 Å². The maximum absolute atomic E-state index is 13.5. The number of anilines is 1. The van der Waals surface area contributed by atoms with Gasteiger partial charge in [0.2, 0.25) is 5.91 Å². The standard InChI is InChI=1S/C25H19F3N2O2/c26-25(27,28)16-7-5-8-17(14-16)29-23(31)21-19-10-3-4-11-20(19)24(32)30-13-12-15-6-1-2-9-18(15)22(21)30/h1-11,14,21-22H,12-13H2,(H,29,31)/t21-,22-/m1/s1. The number of hydrogen-bond donors (Lipinski definition) is 1. The van der Waals surface area contributed by atoms with Crippen LogP contribution in [0.2, 0.25) is 0 Å². The third-order valence-electron chi connectivity index (χ3n) is 6.17. The number of amides is 2. The lowest BCUT2D eigenvalue weighted by Gasteiger charge is -2.45. The number of hydrogen-bond acceptors (Lipinski definition) is 2. The molecular weight excluding hydrogens is 417 g/mol. The smallest absolute Gasteiger partial charge is 0.330 e. The van der Waals surface area contributed by atoms with Crippen molar-refractivity contribution in [2.24, 2.45) is 0 Å². The van der Waals surface area contributed by atoms with Crippen LogP contribution >= 0.6 is 0 Å². The second-order valence-electron chi connectivity index (χ2n) is 8.02. The van der Waals surface area contributed by atoms with Crippen LogP contribution < -0.4 is 5.32 Å². The minimum Gasteiger partial charge on any atom is -0.330 e. The van der Waals surface area contributed by atoms with Crippen LogP contribution in [0.3, 0.4) is 0 Å². The van der Waals surface area contributed by atoms with Gasteiger partial charge in [0.25, 0.3) is 5.91 Å². The summed E-state index contributed by atoms with van der Waals surface area (Å²) in [5, 5.41) is 2.67. The molecule has 4 nitrogen and oxygen atoms in total. The molecule has 1 N–H and O–H groups in total. The van der Waals surface area contributed by atoms with Crippen molar-refractivity contribution in [3.63, 3.8) is 0 Å². The summed E-state index contributed by atoms with van der Waals surface area (Å²) in [6.45, 7) is 0.474. The van der Waals surface area contributed by atoms with Crippen molar-refractivity contribution in [3.8, 4) is 0 Å². The Hall–Kier alpha value is -3.61. The molecule has 2 heterocycles. The molecule has 0 aromatic heterocycles. The Morgan fingerprint density at radius 1 is 0.938 bits per heavy atom. The molecule has 0 fully saturated rings. The lowest BCUT2D eigenvalue weighted by atomic mass is 9.76. The van der Waals surface area contributed by atoms with Crippen molar-refractivity contribution >= 4 is 17.5 Å². The molecule has 3 aromatic rings. The Balaban J connectivity index is 1.59. The molecule has 0 aliphatic carbocycles. The average Bonchev–Trinajstić information content (AvgIpc) is 2.79. The molecule has 2 aliphatic rings. The van der Waals surface area contributed by atoms with Gasteiger partial charge in [-0.05, 0) is 47.4 Å². The first-order valence-corrected chi connectivity index (χ1v) is 10.3. The highest BCUT2D eigenvalue weighted by Crippen LogP contribution is 2.46. The van der Waals surface area contributed by atoms with Gasteiger partial charge in [-0.25, -0.2) is 0 Å². The highest BCUT2D eigenvalue weighted by Gasteiger charge is 2.46. The third kappa shape index (κ3) is 3.34. The molecule has 0 radical (unpaired) electrons. The maximum atomic E-state index is 13.5. The number of benzene rings is 3.